The van der Waals surface area contributed by atoms with Gasteiger partial charge in [0, 0.05) is 0 Å². The summed E-state index contributed by atoms with van der Waals surface area (Å²) in [5.41, 5.74) is 2.78. The van der Waals surface area contributed by atoms with Crippen molar-refractivity contribution in [1.82, 2.24) is 0 Å². The lowest BCUT2D eigenvalue weighted by atomic mass is 9.98. The van der Waals surface area contributed by atoms with E-state index < -0.39 is 13.3 Å². The number of rotatable bonds is 10. The first kappa shape index (κ1) is 19.4. The Hall–Kier alpha value is -1.90. The maximum absolute atomic E-state index is 13.2. The van der Waals surface area contributed by atoms with Gasteiger partial charge in [-0.2, -0.15) is 0 Å². The third-order valence-electron chi connectivity index (χ3n) is 4.67. The smallest absolute Gasteiger partial charge is 0.119 e. The third-order valence-corrected chi connectivity index (χ3v) is 4.67. The molecule has 136 valence electrons. The largest absolute Gasteiger partial charge is 0.493 e. The average molecular weight is 346 g/mol. The van der Waals surface area contributed by atoms with Gasteiger partial charge in [0.05, 0.1) is 6.61 Å². The van der Waals surface area contributed by atoms with E-state index in [1.54, 1.807) is 18.2 Å². The summed E-state index contributed by atoms with van der Waals surface area (Å²) in [5, 5.41) is 0. The van der Waals surface area contributed by atoms with Crippen LogP contribution >= 0.6 is 0 Å². The molecule has 2 rings (SSSR count). The molecule has 0 saturated heterocycles. The lowest BCUT2D eigenvalue weighted by Gasteiger charge is -2.16. The van der Waals surface area contributed by atoms with E-state index in [-0.39, 0.29) is 0 Å². The highest BCUT2D eigenvalue weighted by molar-refractivity contribution is 5.68. The summed E-state index contributed by atoms with van der Waals surface area (Å²) >= 11 is 0. The van der Waals surface area contributed by atoms with Gasteiger partial charge in [0.2, 0.25) is 0 Å². The Bertz CT molecular complexity index is 637. The minimum Gasteiger partial charge on any atom is -0.493 e. The molecule has 0 bridgehead atoms. The first-order valence-corrected chi connectivity index (χ1v) is 9.18. The second-order valence-corrected chi connectivity index (χ2v) is 6.51. The molecule has 0 saturated carbocycles. The van der Waals surface area contributed by atoms with E-state index in [2.05, 4.69) is 13.8 Å². The molecule has 1 atom stereocenters. The number of ether oxygens (including phenoxy) is 1. The summed E-state index contributed by atoms with van der Waals surface area (Å²) in [6.07, 6.45) is 4.76. The predicted molar refractivity (Wildman–Crippen MR) is 100 cm³/mol. The monoisotopic (exact) mass is 346 g/mol. The van der Waals surface area contributed by atoms with E-state index in [4.69, 9.17) is 4.74 Å². The van der Waals surface area contributed by atoms with Crippen molar-refractivity contribution in [3.8, 4) is 16.9 Å². The van der Waals surface area contributed by atoms with Crippen LogP contribution in [0.2, 0.25) is 0 Å². The van der Waals surface area contributed by atoms with Crippen molar-refractivity contribution in [3.05, 3.63) is 53.6 Å². The van der Waals surface area contributed by atoms with Crippen molar-refractivity contribution in [1.29, 1.82) is 0 Å². The molecule has 1 nitrogen and oxygen atoms in total. The second-order valence-electron chi connectivity index (χ2n) is 6.51. The van der Waals surface area contributed by atoms with Crippen molar-refractivity contribution in [2.75, 3.05) is 6.61 Å². The Balaban J connectivity index is 2.07. The molecule has 1 unspecified atom stereocenters. The Morgan fingerprint density at radius 1 is 0.960 bits per heavy atom. The summed E-state index contributed by atoms with van der Waals surface area (Å²) in [5.74, 6) is 1.40. The molecule has 0 N–H and O–H groups in total. The molecule has 25 heavy (non-hydrogen) atoms. The van der Waals surface area contributed by atoms with Gasteiger partial charge < -0.3 is 4.74 Å². The molecule has 0 aliphatic rings. The van der Waals surface area contributed by atoms with E-state index in [1.165, 1.54) is 19.3 Å². The SMILES string of the molecule is CCCCC(CC)COc1ccc(-c2cc(CF)ccc2CF)cc1. The molecule has 3 heteroatoms. The molecule has 0 radical (unpaired) electrons. The highest BCUT2D eigenvalue weighted by Crippen LogP contribution is 2.28. The number of unbranched alkanes of at least 4 members (excludes halogenated alkanes) is 1. The Morgan fingerprint density at radius 3 is 2.32 bits per heavy atom. The van der Waals surface area contributed by atoms with E-state index in [0.717, 1.165) is 29.9 Å². The fraction of sp³-hybridized carbons (Fsp3) is 0.455. The number of halogens is 2. The zero-order chi connectivity index (χ0) is 18.1. The quantitative estimate of drug-likeness (QED) is 0.455. The topological polar surface area (TPSA) is 9.23 Å². The van der Waals surface area contributed by atoms with Crippen LogP contribution in [0.3, 0.4) is 0 Å². The summed E-state index contributed by atoms with van der Waals surface area (Å²) < 4.78 is 32.0. The summed E-state index contributed by atoms with van der Waals surface area (Å²) in [7, 11) is 0. The number of hydrogen-bond donors (Lipinski definition) is 0. The van der Waals surface area contributed by atoms with Gasteiger partial charge in [0.25, 0.3) is 0 Å². The fourth-order valence-corrected chi connectivity index (χ4v) is 2.93. The summed E-state index contributed by atoms with van der Waals surface area (Å²) in [6, 6.07) is 12.7. The van der Waals surface area contributed by atoms with Gasteiger partial charge in [-0.25, -0.2) is 8.78 Å². The van der Waals surface area contributed by atoms with Crippen molar-refractivity contribution >= 4 is 0 Å². The van der Waals surface area contributed by atoms with Crippen LogP contribution in [0.4, 0.5) is 8.78 Å². The zero-order valence-electron chi connectivity index (χ0n) is 15.2. The highest BCUT2D eigenvalue weighted by Gasteiger charge is 2.09. The number of alkyl halides is 2. The Labute approximate surface area is 150 Å². The van der Waals surface area contributed by atoms with E-state index in [9.17, 15) is 8.78 Å². The fourth-order valence-electron chi connectivity index (χ4n) is 2.93. The number of hydrogen-bond acceptors (Lipinski definition) is 1. The normalized spacial score (nSPS) is 12.2. The molecule has 0 amide bonds. The molecule has 0 heterocycles. The van der Waals surface area contributed by atoms with Crippen LogP contribution in [0.15, 0.2) is 42.5 Å². The predicted octanol–water partition coefficient (Wildman–Crippen LogP) is 6.89. The third kappa shape index (κ3) is 5.55. The molecule has 2 aromatic carbocycles. The minimum absolute atomic E-state index is 0.545. The van der Waals surface area contributed by atoms with Gasteiger partial charge in [0.15, 0.2) is 0 Å². The Kier molecular flexibility index (Phi) is 7.90. The number of benzene rings is 2. The first-order chi connectivity index (χ1) is 12.2. The van der Waals surface area contributed by atoms with Crippen LogP contribution in [-0.2, 0) is 13.3 Å². The maximum atomic E-state index is 13.2. The van der Waals surface area contributed by atoms with Gasteiger partial charge in [-0.05, 0) is 52.8 Å². The van der Waals surface area contributed by atoms with Crippen LogP contribution in [0, 0.1) is 5.92 Å². The molecular formula is C22H28F2O. The lowest BCUT2D eigenvalue weighted by molar-refractivity contribution is 0.233. The summed E-state index contributed by atoms with van der Waals surface area (Å²) in [6.45, 7) is 4.02. The Morgan fingerprint density at radius 2 is 1.72 bits per heavy atom. The van der Waals surface area contributed by atoms with Crippen molar-refractivity contribution in [3.63, 3.8) is 0 Å². The maximum Gasteiger partial charge on any atom is 0.119 e. The molecule has 2 aromatic rings. The van der Waals surface area contributed by atoms with Gasteiger partial charge in [-0.3, -0.25) is 0 Å². The van der Waals surface area contributed by atoms with Gasteiger partial charge in [-0.15, -0.1) is 0 Å². The second kappa shape index (κ2) is 10.2. The molecule has 0 fully saturated rings. The van der Waals surface area contributed by atoms with Crippen molar-refractivity contribution in [2.45, 2.75) is 52.9 Å². The van der Waals surface area contributed by atoms with Crippen molar-refractivity contribution in [2.24, 2.45) is 5.92 Å². The van der Waals surface area contributed by atoms with E-state index >= 15 is 0 Å². The van der Waals surface area contributed by atoms with Crippen LogP contribution in [0.1, 0.15) is 50.7 Å². The molecule has 0 aliphatic heterocycles. The minimum atomic E-state index is -0.560. The zero-order valence-corrected chi connectivity index (χ0v) is 15.2. The average Bonchev–Trinajstić information content (AvgIpc) is 2.68. The molecule has 0 aromatic heterocycles. The van der Waals surface area contributed by atoms with Crippen LogP contribution in [0.25, 0.3) is 11.1 Å². The molecule has 0 spiro atoms. The van der Waals surface area contributed by atoms with Crippen LogP contribution in [0.5, 0.6) is 5.75 Å². The van der Waals surface area contributed by atoms with Gasteiger partial charge in [0.1, 0.15) is 19.1 Å². The molecule has 0 aliphatic carbocycles. The standard InChI is InChI=1S/C22H28F2O/c1-3-5-6-17(4-2)16-25-21-11-9-19(10-12-21)22-13-18(14-23)7-8-20(22)15-24/h7-13,17H,3-6,14-16H2,1-2H3. The molecular weight excluding hydrogens is 318 g/mol. The van der Waals surface area contributed by atoms with E-state index in [1.807, 2.05) is 24.3 Å². The van der Waals surface area contributed by atoms with Crippen LogP contribution in [-0.4, -0.2) is 6.61 Å². The lowest BCUT2D eigenvalue weighted by Crippen LogP contribution is -2.11. The van der Waals surface area contributed by atoms with Gasteiger partial charge in [-0.1, -0.05) is 57.4 Å². The first-order valence-electron chi connectivity index (χ1n) is 9.18. The van der Waals surface area contributed by atoms with Crippen LogP contribution < -0.4 is 4.74 Å². The van der Waals surface area contributed by atoms with E-state index in [0.29, 0.717) is 17.0 Å². The van der Waals surface area contributed by atoms with Crippen molar-refractivity contribution < 1.29 is 13.5 Å². The summed E-state index contributed by atoms with van der Waals surface area (Å²) in [4.78, 5) is 0. The highest BCUT2D eigenvalue weighted by atomic mass is 19.1. The van der Waals surface area contributed by atoms with Gasteiger partial charge >= 0.3 is 0 Å².